The smallest absolute Gasteiger partial charge is 0.0295 e. The molecule has 0 amide bonds. The van der Waals surface area contributed by atoms with Gasteiger partial charge in [0.1, 0.15) is 0 Å². The molecule has 1 nitrogen and oxygen atoms in total. The Balaban J connectivity index is 1.84. The van der Waals surface area contributed by atoms with Crippen LogP contribution in [0.1, 0.15) is 35.6 Å². The summed E-state index contributed by atoms with van der Waals surface area (Å²) in [6, 6.07) is 24.7. The van der Waals surface area contributed by atoms with Crippen molar-refractivity contribution in [3.8, 4) is 0 Å². The lowest BCUT2D eigenvalue weighted by Crippen LogP contribution is -2.31. The maximum absolute atomic E-state index is 3.63. The maximum atomic E-state index is 3.63. The van der Waals surface area contributed by atoms with Crippen LogP contribution in [-0.4, -0.2) is 6.54 Å². The molecular weight excluding hydrogens is 254 g/mol. The van der Waals surface area contributed by atoms with Gasteiger partial charge < -0.3 is 5.32 Å². The van der Waals surface area contributed by atoms with Gasteiger partial charge in [0.25, 0.3) is 0 Å². The molecule has 1 aliphatic rings. The van der Waals surface area contributed by atoms with Gasteiger partial charge in [-0.2, -0.15) is 0 Å². The van der Waals surface area contributed by atoms with E-state index < -0.39 is 0 Å². The van der Waals surface area contributed by atoms with E-state index in [9.17, 15) is 0 Å². The van der Waals surface area contributed by atoms with Gasteiger partial charge >= 0.3 is 0 Å². The summed E-state index contributed by atoms with van der Waals surface area (Å²) in [7, 11) is 0. The van der Waals surface area contributed by atoms with E-state index in [1.54, 1.807) is 0 Å². The van der Waals surface area contributed by atoms with Crippen molar-refractivity contribution in [1.29, 1.82) is 0 Å². The summed E-state index contributed by atoms with van der Waals surface area (Å²) >= 11 is 0. The largest absolute Gasteiger partial charge is 0.309 e. The van der Waals surface area contributed by atoms with Gasteiger partial charge in [0.15, 0.2) is 0 Å². The van der Waals surface area contributed by atoms with Gasteiger partial charge in [0.2, 0.25) is 0 Å². The zero-order valence-corrected chi connectivity index (χ0v) is 12.2. The first-order valence-corrected chi connectivity index (χ1v) is 7.64. The third-order valence-electron chi connectivity index (χ3n) is 4.64. The molecule has 3 aromatic carbocycles. The molecule has 1 heterocycles. The predicted molar refractivity (Wildman–Crippen MR) is 88.7 cm³/mol. The molecule has 2 atom stereocenters. The SMILES string of the molecule is C[C@@H]1NC[C@H](c2ccc3ccccc3c2)c2ccccc21. The average molecular weight is 273 g/mol. The number of nitrogens with one attached hydrogen (secondary N) is 1. The van der Waals surface area contributed by atoms with E-state index in [0.717, 1.165) is 6.54 Å². The normalized spacial score (nSPS) is 21.2. The van der Waals surface area contributed by atoms with Crippen LogP contribution in [0, 0.1) is 0 Å². The zero-order chi connectivity index (χ0) is 14.2. The third kappa shape index (κ3) is 2.14. The average Bonchev–Trinajstić information content (AvgIpc) is 2.55. The predicted octanol–water partition coefficient (Wildman–Crippen LogP) is 4.64. The molecule has 0 saturated heterocycles. The lowest BCUT2D eigenvalue weighted by Gasteiger charge is -2.31. The Morgan fingerprint density at radius 3 is 2.38 bits per heavy atom. The minimum Gasteiger partial charge on any atom is -0.309 e. The second-order valence-corrected chi connectivity index (χ2v) is 5.92. The molecule has 3 aromatic rings. The van der Waals surface area contributed by atoms with Gasteiger partial charge in [-0.3, -0.25) is 0 Å². The van der Waals surface area contributed by atoms with E-state index in [1.165, 1.54) is 27.5 Å². The molecule has 4 rings (SSSR count). The quantitative estimate of drug-likeness (QED) is 0.681. The summed E-state index contributed by atoms with van der Waals surface area (Å²) in [5, 5.41) is 6.27. The Labute approximate surface area is 125 Å². The van der Waals surface area contributed by atoms with Gasteiger partial charge in [0, 0.05) is 18.5 Å². The summed E-state index contributed by atoms with van der Waals surface area (Å²) in [5.74, 6) is 0.446. The Kier molecular flexibility index (Phi) is 3.01. The Morgan fingerprint density at radius 2 is 1.52 bits per heavy atom. The first kappa shape index (κ1) is 12.6. The van der Waals surface area contributed by atoms with Crippen LogP contribution in [0.5, 0.6) is 0 Å². The van der Waals surface area contributed by atoms with Crippen LogP contribution in [0.4, 0.5) is 0 Å². The van der Waals surface area contributed by atoms with Gasteiger partial charge in [-0.05, 0) is 34.4 Å². The molecule has 0 radical (unpaired) electrons. The van der Waals surface area contributed by atoms with E-state index in [0.29, 0.717) is 12.0 Å². The molecule has 1 heteroatoms. The van der Waals surface area contributed by atoms with Gasteiger partial charge in [-0.25, -0.2) is 0 Å². The minimum atomic E-state index is 0.443. The Hall–Kier alpha value is -2.12. The van der Waals surface area contributed by atoms with E-state index in [1.807, 2.05) is 0 Å². The summed E-state index contributed by atoms with van der Waals surface area (Å²) < 4.78 is 0. The van der Waals surface area contributed by atoms with Crippen molar-refractivity contribution in [3.05, 3.63) is 83.4 Å². The molecular formula is C20H19N. The molecule has 0 fully saturated rings. The number of hydrogen-bond acceptors (Lipinski definition) is 1. The zero-order valence-electron chi connectivity index (χ0n) is 12.2. The highest BCUT2D eigenvalue weighted by Crippen LogP contribution is 2.35. The third-order valence-corrected chi connectivity index (χ3v) is 4.64. The van der Waals surface area contributed by atoms with Crippen molar-refractivity contribution >= 4 is 10.8 Å². The summed E-state index contributed by atoms with van der Waals surface area (Å²) in [5.41, 5.74) is 4.31. The van der Waals surface area contributed by atoms with Crippen LogP contribution in [0.25, 0.3) is 10.8 Å². The Bertz CT molecular complexity index is 790. The number of hydrogen-bond donors (Lipinski definition) is 1. The van der Waals surface area contributed by atoms with Crippen molar-refractivity contribution in [3.63, 3.8) is 0 Å². The van der Waals surface area contributed by atoms with Crippen LogP contribution in [0.2, 0.25) is 0 Å². The van der Waals surface area contributed by atoms with Crippen LogP contribution < -0.4 is 5.32 Å². The summed E-state index contributed by atoms with van der Waals surface area (Å²) in [6.45, 7) is 3.26. The van der Waals surface area contributed by atoms with E-state index >= 15 is 0 Å². The highest BCUT2D eigenvalue weighted by molar-refractivity contribution is 5.83. The first-order valence-electron chi connectivity index (χ1n) is 7.64. The second-order valence-electron chi connectivity index (χ2n) is 5.92. The van der Waals surface area contributed by atoms with Crippen LogP contribution in [0.3, 0.4) is 0 Å². The molecule has 21 heavy (non-hydrogen) atoms. The van der Waals surface area contributed by atoms with E-state index in [-0.39, 0.29) is 0 Å². The fraction of sp³-hybridized carbons (Fsp3) is 0.200. The molecule has 0 bridgehead atoms. The summed E-state index contributed by atoms with van der Waals surface area (Å²) in [6.07, 6.45) is 0. The van der Waals surface area contributed by atoms with Crippen LogP contribution in [0.15, 0.2) is 66.7 Å². The molecule has 104 valence electrons. The molecule has 0 unspecified atom stereocenters. The fourth-order valence-corrected chi connectivity index (χ4v) is 3.46. The molecule has 0 saturated carbocycles. The maximum Gasteiger partial charge on any atom is 0.0295 e. The lowest BCUT2D eigenvalue weighted by molar-refractivity contribution is 0.508. The number of rotatable bonds is 1. The molecule has 0 aromatic heterocycles. The van der Waals surface area contributed by atoms with Crippen molar-refractivity contribution in [2.45, 2.75) is 18.9 Å². The second kappa shape index (κ2) is 5.01. The van der Waals surface area contributed by atoms with Crippen molar-refractivity contribution in [2.24, 2.45) is 0 Å². The van der Waals surface area contributed by atoms with Crippen molar-refractivity contribution in [1.82, 2.24) is 5.32 Å². The molecule has 0 spiro atoms. The Morgan fingerprint density at radius 1 is 0.810 bits per heavy atom. The minimum absolute atomic E-state index is 0.443. The van der Waals surface area contributed by atoms with Crippen molar-refractivity contribution < 1.29 is 0 Å². The standard InChI is InChI=1S/C20H19N/c1-14-18-8-4-5-9-19(18)20(13-21-14)17-11-10-15-6-2-3-7-16(15)12-17/h2-12,14,20-21H,13H2,1H3/t14-,20+/m0/s1. The fourth-order valence-electron chi connectivity index (χ4n) is 3.46. The lowest BCUT2D eigenvalue weighted by atomic mass is 9.82. The highest BCUT2D eigenvalue weighted by Gasteiger charge is 2.24. The first-order chi connectivity index (χ1) is 10.3. The number of benzene rings is 3. The highest BCUT2D eigenvalue weighted by atomic mass is 14.9. The molecule has 1 aliphatic heterocycles. The number of fused-ring (bicyclic) bond motifs is 2. The molecule has 1 N–H and O–H groups in total. The summed E-state index contributed by atoms with van der Waals surface area (Å²) in [4.78, 5) is 0. The van der Waals surface area contributed by atoms with Crippen LogP contribution >= 0.6 is 0 Å². The topological polar surface area (TPSA) is 12.0 Å². The van der Waals surface area contributed by atoms with E-state index in [2.05, 4.69) is 79.0 Å². The van der Waals surface area contributed by atoms with Gasteiger partial charge in [0.05, 0.1) is 0 Å². The van der Waals surface area contributed by atoms with Gasteiger partial charge in [-0.15, -0.1) is 0 Å². The van der Waals surface area contributed by atoms with Gasteiger partial charge in [-0.1, -0.05) is 66.7 Å². The van der Waals surface area contributed by atoms with Crippen LogP contribution in [-0.2, 0) is 0 Å². The monoisotopic (exact) mass is 273 g/mol. The molecule has 0 aliphatic carbocycles. The van der Waals surface area contributed by atoms with E-state index in [4.69, 9.17) is 0 Å². The van der Waals surface area contributed by atoms with Crippen molar-refractivity contribution in [2.75, 3.05) is 6.54 Å².